The molecule has 130 valence electrons. The van der Waals surface area contributed by atoms with Crippen molar-refractivity contribution in [2.24, 2.45) is 29.6 Å². The maximum atomic E-state index is 13.1. The van der Waals surface area contributed by atoms with Gasteiger partial charge in [0.2, 0.25) is 11.8 Å². The van der Waals surface area contributed by atoms with Crippen LogP contribution in [0.1, 0.15) is 20.8 Å². The first-order chi connectivity index (χ1) is 11.8. The summed E-state index contributed by atoms with van der Waals surface area (Å²) in [5, 5.41) is 11.2. The third-order valence-corrected chi connectivity index (χ3v) is 6.16. The second-order valence-electron chi connectivity index (χ2n) is 7.66. The maximum absolute atomic E-state index is 13.1. The molecular weight excluding hydrogens is 318 g/mol. The topological polar surface area (TPSA) is 74.7 Å². The van der Waals surface area contributed by atoms with Crippen molar-refractivity contribution in [2.75, 3.05) is 4.90 Å². The quantitative estimate of drug-likeness (QED) is 0.660. The molecule has 0 aromatic heterocycles. The highest BCUT2D eigenvalue weighted by Gasteiger charge is 2.69. The van der Waals surface area contributed by atoms with E-state index in [4.69, 9.17) is 0 Å². The van der Waals surface area contributed by atoms with Crippen molar-refractivity contribution < 1.29 is 19.5 Å². The van der Waals surface area contributed by atoms with Gasteiger partial charge in [-0.25, -0.2) is 0 Å². The van der Waals surface area contributed by atoms with Crippen molar-refractivity contribution in [3.8, 4) is 0 Å². The van der Waals surface area contributed by atoms with Gasteiger partial charge in [0, 0.05) is 5.92 Å². The Morgan fingerprint density at radius 2 is 1.64 bits per heavy atom. The SMILES string of the molecule is CC1=C[C@@H]2[C@@H]3C(=O)N(c4ccccc4)C(=O)[C@@H]3[C@H]1C(=O)[C@]2(O)C(C)C. The van der Waals surface area contributed by atoms with Gasteiger partial charge in [0.1, 0.15) is 5.60 Å². The van der Waals surface area contributed by atoms with Crippen molar-refractivity contribution in [3.63, 3.8) is 0 Å². The Hall–Kier alpha value is -2.27. The summed E-state index contributed by atoms with van der Waals surface area (Å²) in [5.41, 5.74) is -0.282. The first kappa shape index (κ1) is 16.2. The first-order valence-electron chi connectivity index (χ1n) is 8.68. The zero-order chi connectivity index (χ0) is 18.1. The summed E-state index contributed by atoms with van der Waals surface area (Å²) >= 11 is 0. The molecule has 5 atom stereocenters. The van der Waals surface area contributed by atoms with Crippen molar-refractivity contribution in [2.45, 2.75) is 26.4 Å². The van der Waals surface area contributed by atoms with Gasteiger partial charge < -0.3 is 5.11 Å². The molecule has 1 aromatic rings. The summed E-state index contributed by atoms with van der Waals surface area (Å²) in [6.45, 7) is 5.38. The van der Waals surface area contributed by atoms with E-state index < -0.39 is 29.3 Å². The van der Waals surface area contributed by atoms with Gasteiger partial charge in [-0.15, -0.1) is 0 Å². The van der Waals surface area contributed by atoms with Crippen LogP contribution >= 0.6 is 0 Å². The van der Waals surface area contributed by atoms with E-state index in [1.54, 1.807) is 38.1 Å². The van der Waals surface area contributed by atoms with Crippen molar-refractivity contribution in [1.29, 1.82) is 0 Å². The Labute approximate surface area is 146 Å². The Balaban J connectivity index is 1.86. The van der Waals surface area contributed by atoms with Crippen LogP contribution < -0.4 is 4.90 Å². The molecule has 5 heteroatoms. The lowest BCUT2D eigenvalue weighted by atomic mass is 9.51. The third-order valence-electron chi connectivity index (χ3n) is 6.16. The van der Waals surface area contributed by atoms with E-state index >= 15 is 0 Å². The molecule has 5 nitrogen and oxygen atoms in total. The van der Waals surface area contributed by atoms with Crippen LogP contribution in [0.15, 0.2) is 42.0 Å². The van der Waals surface area contributed by atoms with Crippen molar-refractivity contribution >= 4 is 23.3 Å². The number of carbonyl (C=O) groups is 3. The molecule has 4 aliphatic rings. The molecular formula is C20H21NO4. The van der Waals surface area contributed by atoms with Gasteiger partial charge >= 0.3 is 0 Å². The molecule has 1 saturated carbocycles. The van der Waals surface area contributed by atoms with Crippen LogP contribution in [0.2, 0.25) is 0 Å². The largest absolute Gasteiger partial charge is 0.381 e. The summed E-state index contributed by atoms with van der Waals surface area (Å²) in [4.78, 5) is 40.4. The van der Waals surface area contributed by atoms with Crippen LogP contribution in [0.5, 0.6) is 0 Å². The number of anilines is 1. The summed E-state index contributed by atoms with van der Waals surface area (Å²) in [6.07, 6.45) is 1.84. The van der Waals surface area contributed by atoms with Gasteiger partial charge in [0.15, 0.2) is 5.78 Å². The van der Waals surface area contributed by atoms with Crippen LogP contribution in [0.25, 0.3) is 0 Å². The van der Waals surface area contributed by atoms with Gasteiger partial charge in [-0.3, -0.25) is 19.3 Å². The maximum Gasteiger partial charge on any atom is 0.238 e. The van der Waals surface area contributed by atoms with Crippen molar-refractivity contribution in [1.82, 2.24) is 0 Å². The van der Waals surface area contributed by atoms with Crippen LogP contribution in [0.4, 0.5) is 5.69 Å². The molecule has 5 rings (SSSR count). The molecule has 1 saturated heterocycles. The van der Waals surface area contributed by atoms with Gasteiger partial charge in [0.25, 0.3) is 0 Å². The molecule has 25 heavy (non-hydrogen) atoms. The van der Waals surface area contributed by atoms with E-state index in [0.29, 0.717) is 5.69 Å². The van der Waals surface area contributed by atoms with Gasteiger partial charge in [-0.1, -0.05) is 43.7 Å². The monoisotopic (exact) mass is 339 g/mol. The summed E-state index contributed by atoms with van der Waals surface area (Å²) in [6, 6.07) is 8.78. The normalized spacial score (nSPS) is 36.9. The highest BCUT2D eigenvalue weighted by molar-refractivity contribution is 6.24. The zero-order valence-electron chi connectivity index (χ0n) is 14.5. The third kappa shape index (κ3) is 1.84. The van der Waals surface area contributed by atoms with E-state index in [1.807, 2.05) is 19.1 Å². The molecule has 0 spiro atoms. The van der Waals surface area contributed by atoms with Crippen LogP contribution in [0, 0.1) is 29.6 Å². The fraction of sp³-hybridized carbons (Fsp3) is 0.450. The predicted molar refractivity (Wildman–Crippen MR) is 91.4 cm³/mol. The number of hydrogen-bond acceptors (Lipinski definition) is 4. The molecule has 2 fully saturated rings. The van der Waals surface area contributed by atoms with Gasteiger partial charge in [-0.05, 0) is 25.0 Å². The van der Waals surface area contributed by atoms with E-state index in [-0.39, 0.29) is 23.5 Å². The Morgan fingerprint density at radius 3 is 2.24 bits per heavy atom. The number of allylic oxidation sites excluding steroid dienone is 1. The standard InChI is InChI=1S/C20H21NO4/c1-10(2)20(25)13-9-11(3)14(17(20)22)16-15(13)18(23)21(19(16)24)12-7-5-4-6-8-12/h4-10,13-16,25H,1-3H3/t13-,14+,15+,16-,20+/m1/s1. The van der Waals surface area contributed by atoms with E-state index in [0.717, 1.165) is 5.57 Å². The first-order valence-corrected chi connectivity index (χ1v) is 8.68. The van der Waals surface area contributed by atoms with Crippen LogP contribution in [-0.2, 0) is 14.4 Å². The predicted octanol–water partition coefficient (Wildman–Crippen LogP) is 1.95. The zero-order valence-corrected chi connectivity index (χ0v) is 14.5. The average Bonchev–Trinajstić information content (AvgIpc) is 2.84. The highest BCUT2D eigenvalue weighted by Crippen LogP contribution is 2.56. The molecule has 1 aromatic carbocycles. The molecule has 3 aliphatic carbocycles. The molecule has 1 aliphatic heterocycles. The molecule has 2 amide bonds. The minimum atomic E-state index is -1.59. The lowest BCUT2D eigenvalue weighted by molar-refractivity contribution is -0.171. The molecule has 0 radical (unpaired) electrons. The number of amides is 2. The smallest absolute Gasteiger partial charge is 0.238 e. The van der Waals surface area contributed by atoms with Crippen LogP contribution in [-0.4, -0.2) is 28.3 Å². The van der Waals surface area contributed by atoms with Crippen molar-refractivity contribution in [3.05, 3.63) is 42.0 Å². The van der Waals surface area contributed by atoms with E-state index in [2.05, 4.69) is 0 Å². The van der Waals surface area contributed by atoms with Gasteiger partial charge in [0.05, 0.1) is 23.4 Å². The number of rotatable bonds is 2. The summed E-state index contributed by atoms with van der Waals surface area (Å²) < 4.78 is 0. The number of benzene rings is 1. The second kappa shape index (κ2) is 5.11. The minimum absolute atomic E-state index is 0.313. The second-order valence-corrected chi connectivity index (χ2v) is 7.66. The van der Waals surface area contributed by atoms with E-state index in [1.165, 1.54) is 4.90 Å². The number of imide groups is 1. The molecule has 0 unspecified atom stereocenters. The fourth-order valence-electron chi connectivity index (χ4n) is 4.90. The minimum Gasteiger partial charge on any atom is -0.381 e. The summed E-state index contributed by atoms with van der Waals surface area (Å²) in [5.74, 6) is -4.03. The summed E-state index contributed by atoms with van der Waals surface area (Å²) in [7, 11) is 0. The Kier molecular flexibility index (Phi) is 3.32. The molecule has 1 heterocycles. The number of fused-ring (bicyclic) bond motifs is 1. The number of hydrogen-bond donors (Lipinski definition) is 1. The Bertz CT molecular complexity index is 812. The van der Waals surface area contributed by atoms with Gasteiger partial charge in [-0.2, -0.15) is 0 Å². The number of para-hydroxylation sites is 1. The number of ketones is 1. The number of aliphatic hydroxyl groups is 1. The fourth-order valence-corrected chi connectivity index (χ4v) is 4.90. The molecule has 1 N–H and O–H groups in total. The number of nitrogens with zero attached hydrogens (tertiary/aromatic N) is 1. The van der Waals surface area contributed by atoms with E-state index in [9.17, 15) is 19.5 Å². The Morgan fingerprint density at radius 1 is 1.04 bits per heavy atom. The van der Waals surface area contributed by atoms with Crippen LogP contribution in [0.3, 0.4) is 0 Å². The highest BCUT2D eigenvalue weighted by atomic mass is 16.3. The number of Topliss-reactive ketones (excluding diaryl/α,β-unsaturated/α-hetero) is 1. The average molecular weight is 339 g/mol. The molecule has 2 bridgehead atoms. The number of carbonyl (C=O) groups excluding carboxylic acids is 3. The lowest BCUT2D eigenvalue weighted by Crippen LogP contribution is -2.64. The lowest BCUT2D eigenvalue weighted by Gasteiger charge is -2.51.